The van der Waals surface area contributed by atoms with Gasteiger partial charge in [0.1, 0.15) is 0 Å². The van der Waals surface area contributed by atoms with Crippen LogP contribution in [-0.4, -0.2) is 55.1 Å². The van der Waals surface area contributed by atoms with E-state index in [4.69, 9.17) is 0 Å². The maximum absolute atomic E-state index is 12.4. The summed E-state index contributed by atoms with van der Waals surface area (Å²) in [6.07, 6.45) is 14.3. The Morgan fingerprint density at radius 3 is 2.07 bits per heavy atom. The monoisotopic (exact) mass is 404 g/mol. The summed E-state index contributed by atoms with van der Waals surface area (Å²) in [6.45, 7) is 4.63. The molecule has 3 amide bonds. The summed E-state index contributed by atoms with van der Waals surface area (Å²) in [6, 6.07) is -0.0825. The summed E-state index contributed by atoms with van der Waals surface area (Å²) < 4.78 is 0. The molecule has 5 rings (SSSR count). The van der Waals surface area contributed by atoms with Crippen LogP contribution in [0.5, 0.6) is 0 Å². The number of urea groups is 1. The third-order valence-electron chi connectivity index (χ3n) is 7.73. The molecule has 0 aromatic heterocycles. The summed E-state index contributed by atoms with van der Waals surface area (Å²) in [5, 5.41) is 9.22. The van der Waals surface area contributed by atoms with E-state index in [2.05, 4.69) is 20.9 Å². The number of carbonyl (C=O) groups excluding carboxylic acids is 2. The highest BCUT2D eigenvalue weighted by atomic mass is 16.2. The zero-order valence-corrected chi connectivity index (χ0v) is 18.0. The predicted molar refractivity (Wildman–Crippen MR) is 115 cm³/mol. The van der Waals surface area contributed by atoms with Crippen LogP contribution >= 0.6 is 0 Å². The van der Waals surface area contributed by atoms with Gasteiger partial charge in [0.2, 0.25) is 5.91 Å². The molecule has 6 heteroatoms. The van der Waals surface area contributed by atoms with E-state index in [9.17, 15) is 9.59 Å². The van der Waals surface area contributed by atoms with Gasteiger partial charge in [0.05, 0.1) is 0 Å². The zero-order valence-electron chi connectivity index (χ0n) is 18.0. The lowest BCUT2D eigenvalue weighted by atomic mass is 9.53. The van der Waals surface area contributed by atoms with Crippen LogP contribution in [0, 0.1) is 17.8 Å². The molecule has 0 aromatic rings. The number of hydrogen-bond acceptors (Lipinski definition) is 3. The highest BCUT2D eigenvalue weighted by Gasteiger charge is 2.51. The van der Waals surface area contributed by atoms with Crippen LogP contribution in [0.1, 0.15) is 77.0 Å². The summed E-state index contributed by atoms with van der Waals surface area (Å²) in [5.74, 6) is 2.50. The van der Waals surface area contributed by atoms with E-state index >= 15 is 0 Å². The van der Waals surface area contributed by atoms with E-state index in [-0.39, 0.29) is 17.5 Å². The van der Waals surface area contributed by atoms with Crippen LogP contribution in [-0.2, 0) is 4.79 Å². The lowest BCUT2D eigenvalue weighted by Crippen LogP contribution is -2.61. The number of likely N-dealkylation sites (tertiary alicyclic amines) is 1. The standard InChI is InChI=1S/C23H40N4O2/c28-21(24-7-5-11-27-9-3-1-2-4-10-27)6-8-25-22(29)26-23-15-18-12-19(16-23)14-20(13-18)17-23/h18-20H,1-17H2,(H,24,28)(H2,25,26,29). The predicted octanol–water partition coefficient (Wildman–Crippen LogP) is 3.03. The van der Waals surface area contributed by atoms with Gasteiger partial charge in [-0.05, 0) is 95.2 Å². The molecule has 4 bridgehead atoms. The number of nitrogens with zero attached hydrogens (tertiary/aromatic N) is 1. The molecular weight excluding hydrogens is 364 g/mol. The first kappa shape index (κ1) is 21.0. The lowest BCUT2D eigenvalue weighted by Gasteiger charge is -2.56. The van der Waals surface area contributed by atoms with Gasteiger partial charge in [-0.2, -0.15) is 0 Å². The number of hydrogen-bond donors (Lipinski definition) is 3. The van der Waals surface area contributed by atoms with E-state index in [1.165, 1.54) is 58.0 Å². The smallest absolute Gasteiger partial charge is 0.315 e. The first-order chi connectivity index (χ1) is 14.1. The fourth-order valence-corrected chi connectivity index (χ4v) is 6.82. The molecule has 3 N–H and O–H groups in total. The van der Waals surface area contributed by atoms with Gasteiger partial charge in [0.15, 0.2) is 0 Å². The summed E-state index contributed by atoms with van der Waals surface area (Å²) in [7, 11) is 0. The van der Waals surface area contributed by atoms with Gasteiger partial charge < -0.3 is 20.9 Å². The highest BCUT2D eigenvalue weighted by Crippen LogP contribution is 2.55. The second kappa shape index (κ2) is 9.67. The van der Waals surface area contributed by atoms with Crippen molar-refractivity contribution >= 4 is 11.9 Å². The van der Waals surface area contributed by atoms with Gasteiger partial charge in [0, 0.05) is 25.0 Å². The number of amides is 3. The molecular formula is C23H40N4O2. The van der Waals surface area contributed by atoms with Crippen molar-refractivity contribution in [3.05, 3.63) is 0 Å². The fourth-order valence-electron chi connectivity index (χ4n) is 6.82. The molecule has 29 heavy (non-hydrogen) atoms. The van der Waals surface area contributed by atoms with Crippen molar-refractivity contribution < 1.29 is 9.59 Å². The van der Waals surface area contributed by atoms with Gasteiger partial charge in [-0.3, -0.25) is 4.79 Å². The molecule has 1 heterocycles. The number of rotatable bonds is 8. The van der Waals surface area contributed by atoms with E-state index in [1.54, 1.807) is 0 Å². The summed E-state index contributed by atoms with van der Waals surface area (Å²) >= 11 is 0. The Morgan fingerprint density at radius 1 is 0.828 bits per heavy atom. The van der Waals surface area contributed by atoms with Gasteiger partial charge in [-0.25, -0.2) is 4.79 Å². The molecule has 1 aliphatic heterocycles. The molecule has 0 aromatic carbocycles. The second-order valence-electron chi connectivity index (χ2n) is 10.3. The van der Waals surface area contributed by atoms with Gasteiger partial charge >= 0.3 is 6.03 Å². The summed E-state index contributed by atoms with van der Waals surface area (Å²) in [5.41, 5.74) is 0.0361. The lowest BCUT2D eigenvalue weighted by molar-refractivity contribution is -0.120. The zero-order chi connectivity index (χ0) is 20.1. The minimum absolute atomic E-state index is 0.0361. The largest absolute Gasteiger partial charge is 0.356 e. The van der Waals surface area contributed by atoms with Crippen molar-refractivity contribution in [1.29, 1.82) is 0 Å². The molecule has 6 nitrogen and oxygen atoms in total. The molecule has 0 unspecified atom stereocenters. The normalized spacial score (nSPS) is 33.9. The molecule has 164 valence electrons. The average molecular weight is 405 g/mol. The topological polar surface area (TPSA) is 73.5 Å². The van der Waals surface area contributed by atoms with Crippen LogP contribution in [0.2, 0.25) is 0 Å². The van der Waals surface area contributed by atoms with Crippen molar-refractivity contribution in [3.63, 3.8) is 0 Å². The van der Waals surface area contributed by atoms with Crippen molar-refractivity contribution in [2.24, 2.45) is 17.8 Å². The first-order valence-corrected chi connectivity index (χ1v) is 12.2. The second-order valence-corrected chi connectivity index (χ2v) is 10.3. The Labute approximate surface area is 175 Å². The van der Waals surface area contributed by atoms with E-state index in [0.717, 1.165) is 56.5 Å². The Hall–Kier alpha value is -1.30. The minimum atomic E-state index is -0.0825. The molecule has 1 saturated heterocycles. The molecule has 5 aliphatic rings. The van der Waals surface area contributed by atoms with Gasteiger partial charge in [0.25, 0.3) is 0 Å². The number of nitrogens with one attached hydrogen (secondary N) is 3. The maximum Gasteiger partial charge on any atom is 0.315 e. The third kappa shape index (κ3) is 5.87. The van der Waals surface area contributed by atoms with Crippen molar-refractivity contribution in [2.45, 2.75) is 82.6 Å². The first-order valence-electron chi connectivity index (χ1n) is 12.2. The Bertz CT molecular complexity index is 536. The Balaban J connectivity index is 1.07. The highest BCUT2D eigenvalue weighted by molar-refractivity contribution is 5.78. The van der Waals surface area contributed by atoms with Crippen LogP contribution in [0.15, 0.2) is 0 Å². The van der Waals surface area contributed by atoms with Crippen LogP contribution in [0.3, 0.4) is 0 Å². The molecule has 0 atom stereocenters. The SMILES string of the molecule is O=C(CCNC(=O)NC12CC3CC(CC(C3)C1)C2)NCCCN1CCCCCC1. The average Bonchev–Trinajstić information content (AvgIpc) is 2.92. The fraction of sp³-hybridized carbons (Fsp3) is 0.913. The summed E-state index contributed by atoms with van der Waals surface area (Å²) in [4.78, 5) is 27.0. The van der Waals surface area contributed by atoms with Crippen LogP contribution < -0.4 is 16.0 Å². The quantitative estimate of drug-likeness (QED) is 0.545. The third-order valence-corrected chi connectivity index (χ3v) is 7.73. The number of carbonyl (C=O) groups is 2. The van der Waals surface area contributed by atoms with Gasteiger partial charge in [-0.1, -0.05) is 12.8 Å². The van der Waals surface area contributed by atoms with E-state index in [0.29, 0.717) is 13.0 Å². The molecule has 0 radical (unpaired) electrons. The maximum atomic E-state index is 12.4. The van der Waals surface area contributed by atoms with Crippen LogP contribution in [0.4, 0.5) is 4.79 Å². The van der Waals surface area contributed by atoms with Crippen LogP contribution in [0.25, 0.3) is 0 Å². The minimum Gasteiger partial charge on any atom is -0.356 e. The van der Waals surface area contributed by atoms with Crippen molar-refractivity contribution in [3.8, 4) is 0 Å². The molecule has 4 aliphatic carbocycles. The Morgan fingerprint density at radius 2 is 1.45 bits per heavy atom. The van der Waals surface area contributed by atoms with Crippen molar-refractivity contribution in [2.75, 3.05) is 32.7 Å². The van der Waals surface area contributed by atoms with Crippen molar-refractivity contribution in [1.82, 2.24) is 20.9 Å². The Kier molecular flexibility index (Phi) is 6.99. The van der Waals surface area contributed by atoms with E-state index in [1.807, 2.05) is 0 Å². The molecule has 4 saturated carbocycles. The molecule has 5 fully saturated rings. The molecule has 0 spiro atoms. The van der Waals surface area contributed by atoms with E-state index < -0.39 is 0 Å². The van der Waals surface area contributed by atoms with Gasteiger partial charge in [-0.15, -0.1) is 0 Å².